The first kappa shape index (κ1) is 9.30. The number of hydrogen-bond donors (Lipinski definition) is 1. The van der Waals surface area contributed by atoms with E-state index in [0.29, 0.717) is 6.54 Å². The van der Waals surface area contributed by atoms with E-state index < -0.39 is 0 Å². The van der Waals surface area contributed by atoms with Gasteiger partial charge in [-0.1, -0.05) is 35.9 Å². The Morgan fingerprint density at radius 3 is 2.75 bits per heavy atom. The molecule has 0 fully saturated rings. The number of benzene rings is 1. The number of nitrogens with two attached hydrogens (primary N) is 1. The molecule has 0 bridgehead atoms. The van der Waals surface area contributed by atoms with Crippen LogP contribution in [0.1, 0.15) is 12.5 Å². The van der Waals surface area contributed by atoms with Crippen LogP contribution >= 0.6 is 11.6 Å². The molecule has 0 aliphatic rings. The summed E-state index contributed by atoms with van der Waals surface area (Å²) >= 11 is 5.97. The summed E-state index contributed by atoms with van der Waals surface area (Å²) < 4.78 is 0. The van der Waals surface area contributed by atoms with Gasteiger partial charge in [-0.05, 0) is 24.1 Å². The van der Waals surface area contributed by atoms with Crippen LogP contribution < -0.4 is 5.73 Å². The molecule has 0 aliphatic carbocycles. The van der Waals surface area contributed by atoms with E-state index in [4.69, 9.17) is 17.3 Å². The van der Waals surface area contributed by atoms with Gasteiger partial charge in [0.1, 0.15) is 0 Å². The molecule has 0 radical (unpaired) electrons. The zero-order valence-electron chi connectivity index (χ0n) is 7.05. The summed E-state index contributed by atoms with van der Waals surface area (Å²) in [6.45, 7) is 2.56. The third-order valence-electron chi connectivity index (χ3n) is 1.72. The topological polar surface area (TPSA) is 26.0 Å². The Balaban J connectivity index is 3.02. The lowest BCUT2D eigenvalue weighted by Crippen LogP contribution is -1.94. The molecule has 1 aromatic rings. The summed E-state index contributed by atoms with van der Waals surface area (Å²) in [5, 5.41) is 0.778. The molecule has 1 aromatic carbocycles. The lowest BCUT2D eigenvalue weighted by atomic mass is 10.1. The van der Waals surface area contributed by atoms with E-state index in [9.17, 15) is 0 Å². The number of halogens is 1. The largest absolute Gasteiger partial charge is 0.327 e. The van der Waals surface area contributed by atoms with Crippen molar-refractivity contribution in [2.45, 2.75) is 6.92 Å². The van der Waals surface area contributed by atoms with E-state index in [1.165, 1.54) is 0 Å². The van der Waals surface area contributed by atoms with Crippen LogP contribution in [0.2, 0.25) is 5.02 Å². The first-order valence-electron chi connectivity index (χ1n) is 3.87. The van der Waals surface area contributed by atoms with Crippen LogP contribution in [0, 0.1) is 0 Å². The third-order valence-corrected chi connectivity index (χ3v) is 2.05. The van der Waals surface area contributed by atoms with E-state index in [1.54, 1.807) is 0 Å². The lowest BCUT2D eigenvalue weighted by Gasteiger charge is -2.02. The molecule has 0 amide bonds. The van der Waals surface area contributed by atoms with Crippen LogP contribution in [0.5, 0.6) is 0 Å². The average molecular weight is 182 g/mol. The minimum absolute atomic E-state index is 0.553. The van der Waals surface area contributed by atoms with Gasteiger partial charge in [-0.3, -0.25) is 0 Å². The van der Waals surface area contributed by atoms with Crippen molar-refractivity contribution < 1.29 is 0 Å². The maximum atomic E-state index is 5.97. The third kappa shape index (κ3) is 2.10. The van der Waals surface area contributed by atoms with Gasteiger partial charge in [0.05, 0.1) is 0 Å². The fourth-order valence-corrected chi connectivity index (χ4v) is 1.35. The molecule has 1 rings (SSSR count). The normalized spacial score (nSPS) is 11.8. The molecule has 0 saturated heterocycles. The molecular weight excluding hydrogens is 170 g/mol. The van der Waals surface area contributed by atoms with Crippen molar-refractivity contribution in [3.8, 4) is 0 Å². The predicted octanol–water partition coefficient (Wildman–Crippen LogP) is 2.70. The van der Waals surface area contributed by atoms with Crippen LogP contribution in [0.3, 0.4) is 0 Å². The van der Waals surface area contributed by atoms with Crippen LogP contribution in [0.15, 0.2) is 30.3 Å². The Hall–Kier alpha value is -0.790. The molecule has 0 aromatic heterocycles. The van der Waals surface area contributed by atoms with Gasteiger partial charge in [0.15, 0.2) is 0 Å². The van der Waals surface area contributed by atoms with E-state index in [-0.39, 0.29) is 0 Å². The number of allylic oxidation sites excluding steroid dienone is 1. The van der Waals surface area contributed by atoms with E-state index in [2.05, 4.69) is 0 Å². The summed E-state index contributed by atoms with van der Waals surface area (Å²) in [5.41, 5.74) is 7.59. The maximum Gasteiger partial charge on any atom is 0.0480 e. The minimum atomic E-state index is 0.553. The Morgan fingerprint density at radius 2 is 2.17 bits per heavy atom. The molecule has 2 heteroatoms. The Morgan fingerprint density at radius 1 is 1.50 bits per heavy atom. The van der Waals surface area contributed by atoms with Gasteiger partial charge in [-0.15, -0.1) is 0 Å². The summed E-state index contributed by atoms with van der Waals surface area (Å²) in [7, 11) is 0. The second kappa shape index (κ2) is 4.29. The highest BCUT2D eigenvalue weighted by Gasteiger charge is 1.98. The van der Waals surface area contributed by atoms with Gasteiger partial charge in [0, 0.05) is 11.6 Å². The Kier molecular flexibility index (Phi) is 3.32. The highest BCUT2D eigenvalue weighted by atomic mass is 35.5. The molecule has 64 valence electrons. The van der Waals surface area contributed by atoms with Crippen molar-refractivity contribution in [2.75, 3.05) is 6.54 Å². The van der Waals surface area contributed by atoms with Crippen LogP contribution in [0.4, 0.5) is 0 Å². The number of hydrogen-bond acceptors (Lipinski definition) is 1. The zero-order chi connectivity index (χ0) is 8.97. The fourth-order valence-electron chi connectivity index (χ4n) is 1.07. The van der Waals surface area contributed by atoms with Crippen molar-refractivity contribution in [3.05, 3.63) is 40.9 Å². The summed E-state index contributed by atoms with van der Waals surface area (Å²) in [6, 6.07) is 7.76. The SMILES string of the molecule is CC(=CCN)c1ccccc1Cl. The van der Waals surface area contributed by atoms with Gasteiger partial charge in [-0.2, -0.15) is 0 Å². The molecule has 0 heterocycles. The van der Waals surface area contributed by atoms with Gasteiger partial charge < -0.3 is 5.73 Å². The Bertz CT molecular complexity index is 292. The molecular formula is C10H12ClN. The van der Waals surface area contributed by atoms with Gasteiger partial charge in [0.25, 0.3) is 0 Å². The van der Waals surface area contributed by atoms with Crippen molar-refractivity contribution in [1.82, 2.24) is 0 Å². The first-order valence-corrected chi connectivity index (χ1v) is 4.25. The molecule has 0 unspecified atom stereocenters. The molecule has 1 nitrogen and oxygen atoms in total. The van der Waals surface area contributed by atoms with Crippen LogP contribution in [-0.4, -0.2) is 6.54 Å². The summed E-state index contributed by atoms with van der Waals surface area (Å²) in [4.78, 5) is 0. The zero-order valence-corrected chi connectivity index (χ0v) is 7.81. The van der Waals surface area contributed by atoms with Crippen molar-refractivity contribution >= 4 is 17.2 Å². The predicted molar refractivity (Wildman–Crippen MR) is 54.2 cm³/mol. The average Bonchev–Trinajstić information content (AvgIpc) is 2.05. The van der Waals surface area contributed by atoms with Crippen molar-refractivity contribution in [3.63, 3.8) is 0 Å². The molecule has 2 N–H and O–H groups in total. The Labute approximate surface area is 77.8 Å². The van der Waals surface area contributed by atoms with E-state index >= 15 is 0 Å². The molecule has 0 spiro atoms. The highest BCUT2D eigenvalue weighted by molar-refractivity contribution is 6.32. The molecule has 0 aliphatic heterocycles. The quantitative estimate of drug-likeness (QED) is 0.746. The summed E-state index contributed by atoms with van der Waals surface area (Å²) in [5.74, 6) is 0. The summed E-state index contributed by atoms with van der Waals surface area (Å²) in [6.07, 6.45) is 1.96. The van der Waals surface area contributed by atoms with Gasteiger partial charge in [0.2, 0.25) is 0 Å². The standard InChI is InChI=1S/C10H12ClN/c1-8(6-7-12)9-4-2-3-5-10(9)11/h2-6H,7,12H2,1H3. The van der Waals surface area contributed by atoms with Gasteiger partial charge in [-0.25, -0.2) is 0 Å². The molecule has 0 saturated carbocycles. The second-order valence-corrected chi connectivity index (χ2v) is 3.01. The van der Waals surface area contributed by atoms with Crippen LogP contribution in [-0.2, 0) is 0 Å². The van der Waals surface area contributed by atoms with E-state index in [1.807, 2.05) is 37.3 Å². The monoisotopic (exact) mass is 181 g/mol. The highest BCUT2D eigenvalue weighted by Crippen LogP contribution is 2.22. The lowest BCUT2D eigenvalue weighted by molar-refractivity contribution is 1.25. The first-order chi connectivity index (χ1) is 5.75. The van der Waals surface area contributed by atoms with E-state index in [0.717, 1.165) is 16.2 Å². The van der Waals surface area contributed by atoms with Crippen molar-refractivity contribution in [2.24, 2.45) is 5.73 Å². The van der Waals surface area contributed by atoms with Crippen LogP contribution in [0.25, 0.3) is 5.57 Å². The second-order valence-electron chi connectivity index (χ2n) is 2.60. The fraction of sp³-hybridized carbons (Fsp3) is 0.200. The number of rotatable bonds is 2. The smallest absolute Gasteiger partial charge is 0.0480 e. The van der Waals surface area contributed by atoms with Crippen molar-refractivity contribution in [1.29, 1.82) is 0 Å². The maximum absolute atomic E-state index is 5.97. The van der Waals surface area contributed by atoms with Gasteiger partial charge >= 0.3 is 0 Å². The molecule has 0 atom stereocenters. The molecule has 12 heavy (non-hydrogen) atoms. The minimum Gasteiger partial charge on any atom is -0.327 e.